The van der Waals surface area contributed by atoms with Gasteiger partial charge in [0.1, 0.15) is 0 Å². The lowest BCUT2D eigenvalue weighted by Gasteiger charge is -2.14. The van der Waals surface area contributed by atoms with Crippen molar-refractivity contribution in [2.45, 2.75) is 31.2 Å². The largest absolute Gasteiger partial charge is 0.330 e. The summed E-state index contributed by atoms with van der Waals surface area (Å²) in [5, 5.41) is 0. The van der Waals surface area contributed by atoms with Gasteiger partial charge in [-0.3, -0.25) is 0 Å². The van der Waals surface area contributed by atoms with Crippen LogP contribution in [0.1, 0.15) is 18.9 Å². The van der Waals surface area contributed by atoms with Crippen molar-refractivity contribution < 1.29 is 8.42 Å². The fourth-order valence-corrected chi connectivity index (χ4v) is 3.02. The predicted molar refractivity (Wildman–Crippen MR) is 64.6 cm³/mol. The number of hydrogen-bond donors (Lipinski definition) is 2. The number of hydrogen-bond acceptors (Lipinski definition) is 3. The van der Waals surface area contributed by atoms with Crippen LogP contribution in [0.3, 0.4) is 0 Å². The molecule has 0 aliphatic rings. The Morgan fingerprint density at radius 3 is 2.56 bits per heavy atom. The Hall–Kier alpha value is -0.910. The maximum Gasteiger partial charge on any atom is 0.241 e. The molecule has 16 heavy (non-hydrogen) atoms. The Labute approximate surface area is 96.9 Å². The highest BCUT2D eigenvalue weighted by Gasteiger charge is 2.18. The molecule has 0 radical (unpaired) electrons. The average molecular weight is 242 g/mol. The molecular formula is C11H18N2O2S. The number of aryl methyl sites for hydroxylation is 1. The van der Waals surface area contributed by atoms with Crippen molar-refractivity contribution in [3.8, 4) is 0 Å². The van der Waals surface area contributed by atoms with Gasteiger partial charge in [-0.05, 0) is 38.4 Å². The van der Waals surface area contributed by atoms with E-state index in [4.69, 9.17) is 5.73 Å². The molecule has 1 aromatic carbocycles. The van der Waals surface area contributed by atoms with Gasteiger partial charge in [0.05, 0.1) is 4.90 Å². The van der Waals surface area contributed by atoms with Gasteiger partial charge in [0.15, 0.2) is 0 Å². The lowest BCUT2D eigenvalue weighted by molar-refractivity contribution is 0.549. The maximum atomic E-state index is 12.0. The summed E-state index contributed by atoms with van der Waals surface area (Å²) in [6, 6.07) is 6.77. The van der Waals surface area contributed by atoms with Gasteiger partial charge >= 0.3 is 0 Å². The van der Waals surface area contributed by atoms with Crippen molar-refractivity contribution in [1.29, 1.82) is 0 Å². The number of nitrogens with one attached hydrogen (secondary N) is 1. The summed E-state index contributed by atoms with van der Waals surface area (Å²) in [5.41, 5.74) is 6.13. The Morgan fingerprint density at radius 1 is 1.38 bits per heavy atom. The van der Waals surface area contributed by atoms with Crippen LogP contribution in [-0.4, -0.2) is 21.0 Å². The molecule has 4 nitrogen and oxygen atoms in total. The molecule has 1 unspecified atom stereocenters. The van der Waals surface area contributed by atoms with E-state index in [0.717, 1.165) is 5.56 Å². The monoisotopic (exact) mass is 242 g/mol. The standard InChI is InChI=1S/C11H18N2O2S/c1-9-5-3-4-6-11(9)16(14,15)13-10(2)7-8-12/h3-6,10,13H,7-8,12H2,1-2H3. The quantitative estimate of drug-likeness (QED) is 0.809. The van der Waals surface area contributed by atoms with Crippen molar-refractivity contribution in [1.82, 2.24) is 4.72 Å². The van der Waals surface area contributed by atoms with Crippen molar-refractivity contribution in [3.63, 3.8) is 0 Å². The van der Waals surface area contributed by atoms with E-state index in [0.29, 0.717) is 17.9 Å². The van der Waals surface area contributed by atoms with E-state index in [1.807, 2.05) is 13.0 Å². The molecule has 0 saturated carbocycles. The molecular weight excluding hydrogens is 224 g/mol. The van der Waals surface area contributed by atoms with Crippen LogP contribution < -0.4 is 10.5 Å². The van der Waals surface area contributed by atoms with Crippen molar-refractivity contribution >= 4 is 10.0 Å². The molecule has 0 spiro atoms. The van der Waals surface area contributed by atoms with Gasteiger partial charge in [-0.15, -0.1) is 0 Å². The van der Waals surface area contributed by atoms with E-state index in [2.05, 4.69) is 4.72 Å². The topological polar surface area (TPSA) is 72.2 Å². The van der Waals surface area contributed by atoms with Gasteiger partial charge in [0.2, 0.25) is 10.0 Å². The number of benzene rings is 1. The molecule has 90 valence electrons. The number of nitrogens with two attached hydrogens (primary N) is 1. The Balaban J connectivity index is 2.91. The highest BCUT2D eigenvalue weighted by atomic mass is 32.2. The SMILES string of the molecule is Cc1ccccc1S(=O)(=O)NC(C)CCN. The van der Waals surface area contributed by atoms with Gasteiger partial charge in [0, 0.05) is 6.04 Å². The second kappa shape index (κ2) is 5.43. The zero-order chi connectivity index (χ0) is 12.2. The van der Waals surface area contributed by atoms with Gasteiger partial charge < -0.3 is 5.73 Å². The molecule has 0 aliphatic carbocycles. The molecule has 0 amide bonds. The third-order valence-electron chi connectivity index (χ3n) is 2.34. The van der Waals surface area contributed by atoms with E-state index < -0.39 is 10.0 Å². The second-order valence-corrected chi connectivity index (χ2v) is 5.55. The first-order valence-electron chi connectivity index (χ1n) is 5.25. The minimum absolute atomic E-state index is 0.144. The first kappa shape index (κ1) is 13.2. The van der Waals surface area contributed by atoms with E-state index in [1.165, 1.54) is 0 Å². The number of sulfonamides is 1. The summed E-state index contributed by atoms with van der Waals surface area (Å²) in [4.78, 5) is 0.332. The molecule has 1 atom stereocenters. The molecule has 0 bridgehead atoms. The van der Waals surface area contributed by atoms with Crippen LogP contribution >= 0.6 is 0 Å². The smallest absolute Gasteiger partial charge is 0.241 e. The lowest BCUT2D eigenvalue weighted by Crippen LogP contribution is -2.34. The van der Waals surface area contributed by atoms with Gasteiger partial charge in [-0.1, -0.05) is 18.2 Å². The van der Waals surface area contributed by atoms with Crippen LogP contribution in [0.25, 0.3) is 0 Å². The Kier molecular flexibility index (Phi) is 4.46. The summed E-state index contributed by atoms with van der Waals surface area (Å²) in [6.07, 6.45) is 0.630. The van der Waals surface area contributed by atoms with Gasteiger partial charge in [0.25, 0.3) is 0 Å². The fraction of sp³-hybridized carbons (Fsp3) is 0.455. The van der Waals surface area contributed by atoms with Crippen molar-refractivity contribution in [2.75, 3.05) is 6.54 Å². The van der Waals surface area contributed by atoms with Crippen LogP contribution in [0, 0.1) is 6.92 Å². The Morgan fingerprint density at radius 2 is 2.00 bits per heavy atom. The molecule has 5 heteroatoms. The third kappa shape index (κ3) is 3.30. The normalized spacial score (nSPS) is 13.7. The van der Waals surface area contributed by atoms with Crippen molar-refractivity contribution in [2.24, 2.45) is 5.73 Å². The van der Waals surface area contributed by atoms with Crippen LogP contribution in [0.4, 0.5) is 0 Å². The Bertz CT molecular complexity index is 443. The molecule has 3 N–H and O–H groups in total. The zero-order valence-corrected chi connectivity index (χ0v) is 10.4. The zero-order valence-electron chi connectivity index (χ0n) is 9.60. The third-order valence-corrected chi connectivity index (χ3v) is 4.09. The van der Waals surface area contributed by atoms with Crippen molar-refractivity contribution in [3.05, 3.63) is 29.8 Å². The predicted octanol–water partition coefficient (Wildman–Crippen LogP) is 1.01. The summed E-state index contributed by atoms with van der Waals surface area (Å²) in [5.74, 6) is 0. The van der Waals surface area contributed by atoms with Crippen LogP contribution in [0.2, 0.25) is 0 Å². The summed E-state index contributed by atoms with van der Waals surface area (Å²) >= 11 is 0. The highest BCUT2D eigenvalue weighted by Crippen LogP contribution is 2.14. The first-order chi connectivity index (χ1) is 7.47. The van der Waals surface area contributed by atoms with Crippen LogP contribution in [0.15, 0.2) is 29.2 Å². The second-order valence-electron chi connectivity index (χ2n) is 3.87. The van der Waals surface area contributed by atoms with Crippen LogP contribution in [0.5, 0.6) is 0 Å². The first-order valence-corrected chi connectivity index (χ1v) is 6.73. The average Bonchev–Trinajstić information content (AvgIpc) is 2.17. The van der Waals surface area contributed by atoms with E-state index in [1.54, 1.807) is 25.1 Å². The van der Waals surface area contributed by atoms with E-state index in [9.17, 15) is 8.42 Å². The minimum Gasteiger partial charge on any atom is -0.330 e. The summed E-state index contributed by atoms with van der Waals surface area (Å²) in [6.45, 7) is 4.06. The van der Waals surface area contributed by atoms with Crippen LogP contribution in [-0.2, 0) is 10.0 Å². The lowest BCUT2D eigenvalue weighted by atomic mass is 10.2. The molecule has 0 fully saturated rings. The van der Waals surface area contributed by atoms with E-state index >= 15 is 0 Å². The van der Waals surface area contributed by atoms with Gasteiger partial charge in [-0.25, -0.2) is 13.1 Å². The summed E-state index contributed by atoms with van der Waals surface area (Å²) in [7, 11) is -3.42. The van der Waals surface area contributed by atoms with E-state index in [-0.39, 0.29) is 6.04 Å². The van der Waals surface area contributed by atoms with Gasteiger partial charge in [-0.2, -0.15) is 0 Å². The maximum absolute atomic E-state index is 12.0. The highest BCUT2D eigenvalue weighted by molar-refractivity contribution is 7.89. The number of rotatable bonds is 5. The molecule has 0 heterocycles. The molecule has 0 saturated heterocycles. The molecule has 1 rings (SSSR count). The summed E-state index contributed by atoms with van der Waals surface area (Å²) < 4.78 is 26.6. The molecule has 0 aromatic heterocycles. The molecule has 0 aliphatic heterocycles. The molecule has 1 aromatic rings. The minimum atomic E-state index is -3.42. The fourth-order valence-electron chi connectivity index (χ4n) is 1.50.